The summed E-state index contributed by atoms with van der Waals surface area (Å²) in [6.07, 6.45) is 3.24. The van der Waals surface area contributed by atoms with E-state index in [2.05, 4.69) is 20.5 Å². The van der Waals surface area contributed by atoms with Crippen LogP contribution in [0.3, 0.4) is 0 Å². The maximum absolute atomic E-state index is 12.9. The molecule has 1 aliphatic heterocycles. The van der Waals surface area contributed by atoms with Crippen molar-refractivity contribution in [3.05, 3.63) is 66.0 Å². The molecule has 2 aromatic heterocycles. The number of rotatable bonds is 6. The minimum absolute atomic E-state index is 0.0351. The van der Waals surface area contributed by atoms with Gasteiger partial charge in [-0.3, -0.25) is 19.7 Å². The molecule has 0 aliphatic carbocycles. The first-order valence-corrected chi connectivity index (χ1v) is 10.3. The molecule has 8 nitrogen and oxygen atoms in total. The number of nitrogens with zero attached hydrogens (tertiary/aromatic N) is 3. The average molecular weight is 419 g/mol. The van der Waals surface area contributed by atoms with E-state index in [4.69, 9.17) is 4.74 Å². The van der Waals surface area contributed by atoms with E-state index in [1.807, 2.05) is 42.5 Å². The van der Waals surface area contributed by atoms with Crippen LogP contribution in [0.4, 0.5) is 0 Å². The molecule has 31 heavy (non-hydrogen) atoms. The predicted octanol–water partition coefficient (Wildman–Crippen LogP) is 2.65. The second kappa shape index (κ2) is 9.42. The van der Waals surface area contributed by atoms with Crippen molar-refractivity contribution < 1.29 is 14.3 Å². The number of carbonyl (C=O) groups excluding carboxylic acids is 2. The Morgan fingerprint density at radius 3 is 2.77 bits per heavy atom. The van der Waals surface area contributed by atoms with E-state index in [1.165, 1.54) is 0 Å². The number of amides is 2. The van der Waals surface area contributed by atoms with Crippen LogP contribution >= 0.6 is 0 Å². The number of aromatic nitrogens is 3. The molecule has 160 valence electrons. The third-order valence-corrected chi connectivity index (χ3v) is 5.44. The van der Waals surface area contributed by atoms with Crippen LogP contribution in [-0.2, 0) is 11.3 Å². The van der Waals surface area contributed by atoms with Gasteiger partial charge in [-0.25, -0.2) is 0 Å². The van der Waals surface area contributed by atoms with Gasteiger partial charge in [-0.05, 0) is 48.7 Å². The standard InChI is InChI=1S/C23H25N5O3/c1-31-18-9-7-16(8-10-18)14-25-22(29)17-5-4-12-28(15-17)23(30)21-13-20(26-27-21)19-6-2-3-11-24-19/h2-3,6-11,13,17H,4-5,12,14-15H2,1H3,(H,25,29)(H,26,27). The highest BCUT2D eigenvalue weighted by molar-refractivity contribution is 5.93. The zero-order valence-corrected chi connectivity index (χ0v) is 17.4. The summed E-state index contributed by atoms with van der Waals surface area (Å²) in [6, 6.07) is 14.8. The maximum Gasteiger partial charge on any atom is 0.271 e. The van der Waals surface area contributed by atoms with Crippen LogP contribution in [0.2, 0.25) is 0 Å². The van der Waals surface area contributed by atoms with Crippen molar-refractivity contribution in [2.45, 2.75) is 19.4 Å². The number of carbonyl (C=O) groups is 2. The fraction of sp³-hybridized carbons (Fsp3) is 0.304. The van der Waals surface area contributed by atoms with Gasteiger partial charge in [-0.1, -0.05) is 18.2 Å². The van der Waals surface area contributed by atoms with Crippen molar-refractivity contribution in [3.8, 4) is 17.1 Å². The van der Waals surface area contributed by atoms with Crippen molar-refractivity contribution in [2.75, 3.05) is 20.2 Å². The molecule has 1 unspecified atom stereocenters. The first-order chi connectivity index (χ1) is 15.1. The molecule has 0 spiro atoms. The summed E-state index contributed by atoms with van der Waals surface area (Å²) in [4.78, 5) is 31.6. The van der Waals surface area contributed by atoms with Crippen molar-refractivity contribution >= 4 is 11.8 Å². The molecule has 4 rings (SSSR count). The van der Waals surface area contributed by atoms with Crippen LogP contribution in [-0.4, -0.2) is 52.1 Å². The Labute approximate surface area is 180 Å². The van der Waals surface area contributed by atoms with E-state index in [1.54, 1.807) is 24.3 Å². The molecule has 1 atom stereocenters. The molecule has 1 aromatic carbocycles. The monoisotopic (exact) mass is 419 g/mol. The van der Waals surface area contributed by atoms with Gasteiger partial charge in [0.05, 0.1) is 18.7 Å². The highest BCUT2D eigenvalue weighted by Crippen LogP contribution is 2.21. The summed E-state index contributed by atoms with van der Waals surface area (Å²) < 4.78 is 5.15. The number of benzene rings is 1. The summed E-state index contributed by atoms with van der Waals surface area (Å²) in [7, 11) is 1.62. The Hall–Kier alpha value is -3.68. The molecular formula is C23H25N5O3. The largest absolute Gasteiger partial charge is 0.497 e. The number of likely N-dealkylation sites (tertiary alicyclic amines) is 1. The lowest BCUT2D eigenvalue weighted by atomic mass is 9.96. The van der Waals surface area contributed by atoms with E-state index < -0.39 is 0 Å². The van der Waals surface area contributed by atoms with Gasteiger partial charge in [0, 0.05) is 25.8 Å². The lowest BCUT2D eigenvalue weighted by Gasteiger charge is -2.31. The molecule has 1 saturated heterocycles. The predicted molar refractivity (Wildman–Crippen MR) is 115 cm³/mol. The molecular weight excluding hydrogens is 394 g/mol. The molecule has 2 N–H and O–H groups in total. The van der Waals surface area contributed by atoms with Crippen LogP contribution in [0.25, 0.3) is 11.4 Å². The Kier molecular flexibility index (Phi) is 6.26. The van der Waals surface area contributed by atoms with Crippen molar-refractivity contribution in [1.82, 2.24) is 25.4 Å². The number of hydrogen-bond acceptors (Lipinski definition) is 5. The Morgan fingerprint density at radius 1 is 1.19 bits per heavy atom. The van der Waals surface area contributed by atoms with E-state index >= 15 is 0 Å². The molecule has 0 bridgehead atoms. The number of methoxy groups -OCH3 is 1. The van der Waals surface area contributed by atoms with Crippen LogP contribution in [0.1, 0.15) is 28.9 Å². The third-order valence-electron chi connectivity index (χ3n) is 5.44. The van der Waals surface area contributed by atoms with Crippen LogP contribution in [0.15, 0.2) is 54.7 Å². The molecule has 8 heteroatoms. The van der Waals surface area contributed by atoms with E-state index in [-0.39, 0.29) is 17.7 Å². The number of piperidine rings is 1. The highest BCUT2D eigenvalue weighted by atomic mass is 16.5. The summed E-state index contributed by atoms with van der Waals surface area (Å²) >= 11 is 0. The summed E-state index contributed by atoms with van der Waals surface area (Å²) in [5.74, 6) is 0.366. The molecule has 1 aliphatic rings. The molecule has 0 saturated carbocycles. The Morgan fingerprint density at radius 2 is 2.03 bits per heavy atom. The maximum atomic E-state index is 12.9. The quantitative estimate of drug-likeness (QED) is 0.640. The molecule has 1 fully saturated rings. The third kappa shape index (κ3) is 4.91. The highest BCUT2D eigenvalue weighted by Gasteiger charge is 2.29. The summed E-state index contributed by atoms with van der Waals surface area (Å²) in [5, 5.41) is 10.0. The molecule has 2 amide bonds. The Balaban J connectivity index is 1.34. The summed E-state index contributed by atoms with van der Waals surface area (Å²) in [6.45, 7) is 1.46. The SMILES string of the molecule is COc1ccc(CNC(=O)C2CCCN(C(=O)c3cc(-c4ccccn4)n[nH]3)C2)cc1. The van der Waals surface area contributed by atoms with Gasteiger partial charge >= 0.3 is 0 Å². The van der Waals surface area contributed by atoms with Gasteiger partial charge in [0.15, 0.2) is 0 Å². The zero-order chi connectivity index (χ0) is 21.6. The van der Waals surface area contributed by atoms with E-state index in [9.17, 15) is 9.59 Å². The number of aromatic amines is 1. The second-order valence-electron chi connectivity index (χ2n) is 7.54. The Bertz CT molecular complexity index is 1030. The second-order valence-corrected chi connectivity index (χ2v) is 7.54. The van der Waals surface area contributed by atoms with Gasteiger partial charge in [0.2, 0.25) is 5.91 Å². The van der Waals surface area contributed by atoms with Gasteiger partial charge in [0.1, 0.15) is 17.1 Å². The first-order valence-electron chi connectivity index (χ1n) is 10.3. The van der Waals surface area contributed by atoms with Gasteiger partial charge in [-0.2, -0.15) is 5.10 Å². The minimum atomic E-state index is -0.228. The number of nitrogens with one attached hydrogen (secondary N) is 2. The first kappa shape index (κ1) is 20.6. The van der Waals surface area contributed by atoms with Gasteiger partial charge in [0.25, 0.3) is 5.91 Å². The van der Waals surface area contributed by atoms with Crippen molar-refractivity contribution in [2.24, 2.45) is 5.92 Å². The smallest absolute Gasteiger partial charge is 0.271 e. The van der Waals surface area contributed by atoms with Crippen LogP contribution in [0, 0.1) is 5.92 Å². The van der Waals surface area contributed by atoms with Crippen molar-refractivity contribution in [3.63, 3.8) is 0 Å². The summed E-state index contributed by atoms with van der Waals surface area (Å²) in [5.41, 5.74) is 2.72. The average Bonchev–Trinajstić information content (AvgIpc) is 3.33. The van der Waals surface area contributed by atoms with E-state index in [0.717, 1.165) is 24.2 Å². The van der Waals surface area contributed by atoms with Crippen molar-refractivity contribution in [1.29, 1.82) is 0 Å². The normalized spacial score (nSPS) is 16.0. The lowest BCUT2D eigenvalue weighted by molar-refractivity contribution is -0.126. The zero-order valence-electron chi connectivity index (χ0n) is 17.4. The fourth-order valence-corrected chi connectivity index (χ4v) is 3.70. The van der Waals surface area contributed by atoms with Gasteiger partial charge < -0.3 is 15.0 Å². The minimum Gasteiger partial charge on any atom is -0.497 e. The topological polar surface area (TPSA) is 100 Å². The number of hydrogen-bond donors (Lipinski definition) is 2. The van der Waals surface area contributed by atoms with E-state index in [0.29, 0.717) is 36.7 Å². The molecule has 3 heterocycles. The van der Waals surface area contributed by atoms with Gasteiger partial charge in [-0.15, -0.1) is 0 Å². The fourth-order valence-electron chi connectivity index (χ4n) is 3.70. The number of ether oxygens (including phenoxy) is 1. The molecule has 0 radical (unpaired) electrons. The van der Waals surface area contributed by atoms with Crippen LogP contribution in [0.5, 0.6) is 5.75 Å². The number of H-pyrrole nitrogens is 1. The lowest BCUT2D eigenvalue weighted by Crippen LogP contribution is -2.45. The number of pyridine rings is 1. The van der Waals surface area contributed by atoms with Crippen LogP contribution < -0.4 is 10.1 Å². The molecule has 3 aromatic rings.